The molecular formula is C26H31N5O2. The summed E-state index contributed by atoms with van der Waals surface area (Å²) in [5, 5.41) is 0. The smallest absolute Gasteiger partial charge is 0.149 e. The van der Waals surface area contributed by atoms with E-state index in [0.29, 0.717) is 18.1 Å². The van der Waals surface area contributed by atoms with Crippen molar-refractivity contribution >= 4 is 16.7 Å². The summed E-state index contributed by atoms with van der Waals surface area (Å²) in [7, 11) is 0. The van der Waals surface area contributed by atoms with E-state index in [-0.39, 0.29) is 6.10 Å². The van der Waals surface area contributed by atoms with Crippen LogP contribution in [-0.4, -0.2) is 51.3 Å². The van der Waals surface area contributed by atoms with Crippen LogP contribution >= 0.6 is 0 Å². The predicted octanol–water partition coefficient (Wildman–Crippen LogP) is 4.28. The fourth-order valence-corrected chi connectivity index (χ4v) is 5.67. The minimum atomic E-state index is 0.217. The summed E-state index contributed by atoms with van der Waals surface area (Å²) in [5.74, 6) is 2.38. The van der Waals surface area contributed by atoms with Crippen molar-refractivity contribution in [2.24, 2.45) is 5.92 Å². The maximum atomic E-state index is 6.60. The van der Waals surface area contributed by atoms with E-state index in [0.717, 1.165) is 86.3 Å². The molecule has 2 saturated heterocycles. The van der Waals surface area contributed by atoms with Crippen molar-refractivity contribution < 1.29 is 9.47 Å². The molecule has 7 nitrogen and oxygen atoms in total. The Balaban J connectivity index is 1.16. The summed E-state index contributed by atoms with van der Waals surface area (Å²) < 4.78 is 12.6. The second-order valence-electron chi connectivity index (χ2n) is 9.79. The fraction of sp³-hybridized carbons (Fsp3) is 0.538. The summed E-state index contributed by atoms with van der Waals surface area (Å²) in [6, 6.07) is 6.38. The molecule has 2 unspecified atom stereocenters. The largest absolute Gasteiger partial charge is 0.488 e. The third-order valence-electron chi connectivity index (χ3n) is 7.35. The van der Waals surface area contributed by atoms with Gasteiger partial charge in [0.15, 0.2) is 0 Å². The van der Waals surface area contributed by atoms with Gasteiger partial charge in [0.05, 0.1) is 23.8 Å². The van der Waals surface area contributed by atoms with E-state index in [1.54, 1.807) is 12.4 Å². The highest BCUT2D eigenvalue weighted by atomic mass is 16.5. The zero-order valence-corrected chi connectivity index (χ0v) is 19.2. The van der Waals surface area contributed by atoms with Gasteiger partial charge in [-0.15, -0.1) is 0 Å². The second-order valence-corrected chi connectivity index (χ2v) is 9.79. The first-order valence-electron chi connectivity index (χ1n) is 12.3. The molecular weight excluding hydrogens is 414 g/mol. The molecule has 3 fully saturated rings. The van der Waals surface area contributed by atoms with Crippen molar-refractivity contribution in [3.63, 3.8) is 0 Å². The van der Waals surface area contributed by atoms with Gasteiger partial charge in [0.25, 0.3) is 0 Å². The van der Waals surface area contributed by atoms with Gasteiger partial charge in [0.2, 0.25) is 0 Å². The van der Waals surface area contributed by atoms with Gasteiger partial charge in [-0.3, -0.25) is 4.98 Å². The molecule has 33 heavy (non-hydrogen) atoms. The summed E-state index contributed by atoms with van der Waals surface area (Å²) in [5.41, 5.74) is 4.08. The number of benzene rings is 1. The zero-order valence-electron chi connectivity index (χ0n) is 19.2. The first-order chi connectivity index (χ1) is 16.2. The topological polar surface area (TPSA) is 73.3 Å². The number of aryl methyl sites for hydroxylation is 1. The Bertz CT molecular complexity index is 1120. The average molecular weight is 446 g/mol. The van der Waals surface area contributed by atoms with Gasteiger partial charge in [-0.2, -0.15) is 0 Å². The molecule has 172 valence electrons. The number of hydrogen-bond donors (Lipinski definition) is 0. The van der Waals surface area contributed by atoms with Crippen LogP contribution in [0, 0.1) is 12.8 Å². The van der Waals surface area contributed by atoms with Crippen molar-refractivity contribution in [3.8, 4) is 5.75 Å². The number of anilines is 1. The van der Waals surface area contributed by atoms with E-state index in [1.165, 1.54) is 5.69 Å². The highest BCUT2D eigenvalue weighted by Crippen LogP contribution is 2.36. The molecule has 7 heteroatoms. The summed E-state index contributed by atoms with van der Waals surface area (Å²) >= 11 is 0. The van der Waals surface area contributed by atoms with Crippen LogP contribution in [0.15, 0.2) is 36.8 Å². The SMILES string of the molecule is Cc1nccc(CC2CCC(Oc3cc(N4CC5CCC(C4)O5)cc4nccnc34)CC2)n1. The lowest BCUT2D eigenvalue weighted by molar-refractivity contribution is 0.0304. The van der Waals surface area contributed by atoms with Crippen molar-refractivity contribution in [1.29, 1.82) is 0 Å². The Labute approximate surface area is 194 Å². The van der Waals surface area contributed by atoms with E-state index in [4.69, 9.17) is 9.47 Å². The Morgan fingerprint density at radius 3 is 2.52 bits per heavy atom. The Morgan fingerprint density at radius 1 is 0.939 bits per heavy atom. The molecule has 3 aromatic rings. The lowest BCUT2D eigenvalue weighted by Gasteiger charge is -2.34. The molecule has 0 spiro atoms. The molecule has 2 aromatic heterocycles. The third-order valence-corrected chi connectivity index (χ3v) is 7.35. The Morgan fingerprint density at radius 2 is 1.73 bits per heavy atom. The molecule has 2 bridgehead atoms. The summed E-state index contributed by atoms with van der Waals surface area (Å²) in [6.45, 7) is 3.84. The molecule has 2 atom stereocenters. The molecule has 1 aliphatic carbocycles. The van der Waals surface area contributed by atoms with Crippen LogP contribution < -0.4 is 9.64 Å². The minimum absolute atomic E-state index is 0.217. The quantitative estimate of drug-likeness (QED) is 0.580. The lowest BCUT2D eigenvalue weighted by Crippen LogP contribution is -2.42. The molecule has 0 radical (unpaired) electrons. The number of nitrogens with zero attached hydrogens (tertiary/aromatic N) is 5. The van der Waals surface area contributed by atoms with Gasteiger partial charge in [-0.05, 0) is 69.9 Å². The first-order valence-corrected chi connectivity index (χ1v) is 12.3. The number of morpholine rings is 1. The number of aromatic nitrogens is 4. The molecule has 0 amide bonds. The first kappa shape index (κ1) is 20.8. The highest BCUT2D eigenvalue weighted by molar-refractivity contribution is 5.85. The van der Waals surface area contributed by atoms with Gasteiger partial charge in [-0.1, -0.05) is 0 Å². The van der Waals surface area contributed by atoms with E-state index in [9.17, 15) is 0 Å². The minimum Gasteiger partial charge on any atom is -0.488 e. The average Bonchev–Trinajstić information content (AvgIpc) is 3.17. The van der Waals surface area contributed by atoms with E-state index >= 15 is 0 Å². The van der Waals surface area contributed by atoms with Crippen molar-refractivity contribution in [2.75, 3.05) is 18.0 Å². The number of fused-ring (bicyclic) bond motifs is 3. The van der Waals surface area contributed by atoms with Crippen LogP contribution in [0.2, 0.25) is 0 Å². The number of hydrogen-bond acceptors (Lipinski definition) is 7. The van der Waals surface area contributed by atoms with Gasteiger partial charge < -0.3 is 14.4 Å². The van der Waals surface area contributed by atoms with E-state index in [1.807, 2.05) is 19.2 Å². The summed E-state index contributed by atoms with van der Waals surface area (Å²) in [6.07, 6.45) is 14.1. The second kappa shape index (κ2) is 8.86. The standard InChI is InChI=1S/C26H31N5O2/c1-17-27-9-8-19(30-17)12-18-2-4-21(5-3-18)33-25-14-20(13-24-26(25)29-11-10-28-24)31-15-22-6-7-23(16-31)32-22/h8-11,13-14,18,21-23H,2-7,12,15-16H2,1H3. The van der Waals surface area contributed by atoms with Crippen LogP contribution in [0.3, 0.4) is 0 Å². The molecule has 3 aliphatic rings. The Kier molecular flexibility index (Phi) is 5.58. The molecule has 2 aliphatic heterocycles. The molecule has 6 rings (SSSR count). The van der Waals surface area contributed by atoms with Gasteiger partial charge in [-0.25, -0.2) is 15.0 Å². The lowest BCUT2D eigenvalue weighted by atomic mass is 9.84. The molecule has 4 heterocycles. The number of ether oxygens (including phenoxy) is 2. The summed E-state index contributed by atoms with van der Waals surface area (Å²) in [4.78, 5) is 20.4. The maximum Gasteiger partial charge on any atom is 0.149 e. The van der Waals surface area contributed by atoms with E-state index < -0.39 is 0 Å². The third kappa shape index (κ3) is 4.51. The fourth-order valence-electron chi connectivity index (χ4n) is 5.67. The molecule has 1 aromatic carbocycles. The van der Waals surface area contributed by atoms with Crippen molar-refractivity contribution in [1.82, 2.24) is 19.9 Å². The molecule has 1 saturated carbocycles. The normalized spacial score (nSPS) is 27.1. The Hall–Kier alpha value is -2.80. The van der Waals surface area contributed by atoms with Crippen LogP contribution in [0.1, 0.15) is 50.0 Å². The van der Waals surface area contributed by atoms with Crippen LogP contribution in [0.5, 0.6) is 5.75 Å². The van der Waals surface area contributed by atoms with Crippen molar-refractivity contribution in [3.05, 3.63) is 48.3 Å². The molecule has 0 N–H and O–H groups in total. The highest BCUT2D eigenvalue weighted by Gasteiger charge is 2.34. The maximum absolute atomic E-state index is 6.60. The van der Waals surface area contributed by atoms with Crippen molar-refractivity contribution in [2.45, 2.75) is 70.2 Å². The van der Waals surface area contributed by atoms with Gasteiger partial charge in [0.1, 0.15) is 17.1 Å². The predicted molar refractivity (Wildman–Crippen MR) is 126 cm³/mol. The number of rotatable bonds is 5. The van der Waals surface area contributed by atoms with Crippen LogP contribution in [0.25, 0.3) is 11.0 Å². The van der Waals surface area contributed by atoms with Crippen LogP contribution in [0.4, 0.5) is 5.69 Å². The monoisotopic (exact) mass is 445 g/mol. The van der Waals surface area contributed by atoms with E-state index in [2.05, 4.69) is 37.0 Å². The zero-order chi connectivity index (χ0) is 22.2. The van der Waals surface area contributed by atoms with Gasteiger partial charge in [0, 0.05) is 49.1 Å². The van der Waals surface area contributed by atoms with Crippen LogP contribution in [-0.2, 0) is 11.2 Å². The van der Waals surface area contributed by atoms with Gasteiger partial charge >= 0.3 is 0 Å².